The highest BCUT2D eigenvalue weighted by Crippen LogP contribution is 1.97. The fourth-order valence-corrected chi connectivity index (χ4v) is 1.33. The van der Waals surface area contributed by atoms with E-state index in [9.17, 15) is 19.2 Å². The van der Waals surface area contributed by atoms with Crippen molar-refractivity contribution < 1.29 is 43.6 Å². The lowest BCUT2D eigenvalue weighted by Crippen LogP contribution is -2.08. The lowest BCUT2D eigenvalue weighted by atomic mass is 10.2. The van der Waals surface area contributed by atoms with Crippen LogP contribution >= 0.6 is 0 Å². The predicted octanol–water partition coefficient (Wildman–Crippen LogP) is 4.79. The quantitative estimate of drug-likeness (QED) is 0.260. The Balaban J connectivity index is -0.000000193. The Morgan fingerprint density at radius 3 is 1.61 bits per heavy atom. The molecule has 0 amide bonds. The van der Waals surface area contributed by atoms with Gasteiger partial charge >= 0.3 is 23.9 Å². The van der Waals surface area contributed by atoms with Gasteiger partial charge in [0.25, 0.3) is 0 Å². The molecular formula is C29H42O9. The highest BCUT2D eigenvalue weighted by atomic mass is 16.5. The summed E-state index contributed by atoms with van der Waals surface area (Å²) in [7, 11) is 1.33. The summed E-state index contributed by atoms with van der Waals surface area (Å²) in [6, 6.07) is 10.0. The van der Waals surface area contributed by atoms with Crippen LogP contribution in [-0.2, 0) is 33.4 Å². The largest absolute Gasteiger partial charge is 0.478 e. The number of hydrogen-bond acceptors (Lipinski definition) is 8. The molecule has 0 radical (unpaired) electrons. The van der Waals surface area contributed by atoms with E-state index in [0.29, 0.717) is 23.7 Å². The molecule has 0 aliphatic rings. The Bertz CT molecular complexity index is 869. The van der Waals surface area contributed by atoms with Crippen LogP contribution < -0.4 is 0 Å². The summed E-state index contributed by atoms with van der Waals surface area (Å²) in [5.41, 5.74) is 1.96. The van der Waals surface area contributed by atoms with Crippen LogP contribution in [0.4, 0.5) is 0 Å². The van der Waals surface area contributed by atoms with Gasteiger partial charge < -0.3 is 24.4 Å². The highest BCUT2D eigenvalue weighted by Gasteiger charge is 2.00. The highest BCUT2D eigenvalue weighted by molar-refractivity contribution is 5.87. The summed E-state index contributed by atoms with van der Waals surface area (Å²) >= 11 is 0. The molecule has 9 heteroatoms. The van der Waals surface area contributed by atoms with Crippen molar-refractivity contribution in [3.63, 3.8) is 0 Å². The minimum atomic E-state index is -0.981. The first-order valence-corrected chi connectivity index (χ1v) is 11.2. The second-order valence-electron chi connectivity index (χ2n) is 7.30. The van der Waals surface area contributed by atoms with Crippen LogP contribution in [0.3, 0.4) is 0 Å². The number of rotatable bonds is 9. The van der Waals surface area contributed by atoms with Crippen LogP contribution in [0.15, 0.2) is 86.5 Å². The zero-order valence-electron chi connectivity index (χ0n) is 23.1. The van der Waals surface area contributed by atoms with E-state index in [4.69, 9.17) is 14.9 Å². The number of aliphatic hydroxyl groups is 1. The lowest BCUT2D eigenvalue weighted by molar-refractivity contribution is -0.140. The topological polar surface area (TPSA) is 136 Å². The Hall–Kier alpha value is -4.24. The maximum Gasteiger partial charge on any atom is 0.333 e. The van der Waals surface area contributed by atoms with Gasteiger partial charge in [0.15, 0.2) is 0 Å². The van der Waals surface area contributed by atoms with E-state index in [2.05, 4.69) is 42.4 Å². The van der Waals surface area contributed by atoms with Gasteiger partial charge in [-0.15, -0.1) is 0 Å². The molecule has 0 spiro atoms. The fraction of sp³-hybridized carbons (Fsp3) is 0.310. The van der Waals surface area contributed by atoms with E-state index in [-0.39, 0.29) is 25.2 Å². The van der Waals surface area contributed by atoms with Crippen LogP contribution in [0.5, 0.6) is 0 Å². The first kappa shape index (κ1) is 40.9. The third-order valence-corrected chi connectivity index (χ3v) is 3.14. The third kappa shape index (κ3) is 36.3. The number of carboxylic acid groups (broad SMARTS) is 1. The Morgan fingerprint density at radius 2 is 1.37 bits per heavy atom. The summed E-state index contributed by atoms with van der Waals surface area (Å²) in [5, 5.41) is 15.8. The van der Waals surface area contributed by atoms with Gasteiger partial charge in [-0.2, -0.15) is 0 Å². The molecule has 38 heavy (non-hydrogen) atoms. The summed E-state index contributed by atoms with van der Waals surface area (Å²) in [5.74, 6) is -1.73. The van der Waals surface area contributed by atoms with Crippen LogP contribution in [-0.4, -0.2) is 61.0 Å². The number of hydrogen-bond donors (Lipinski definition) is 2. The zero-order chi connectivity index (χ0) is 30.5. The van der Waals surface area contributed by atoms with E-state index in [1.807, 2.05) is 50.3 Å². The van der Waals surface area contributed by atoms with Crippen molar-refractivity contribution in [2.75, 3.05) is 26.9 Å². The average molecular weight is 535 g/mol. The van der Waals surface area contributed by atoms with Crippen molar-refractivity contribution >= 4 is 30.0 Å². The van der Waals surface area contributed by atoms with Gasteiger partial charge in [-0.1, -0.05) is 83.2 Å². The van der Waals surface area contributed by atoms with Crippen molar-refractivity contribution in [2.24, 2.45) is 5.92 Å². The monoisotopic (exact) mass is 534 g/mol. The number of carbonyl (C=O) groups excluding carboxylic acids is 3. The molecule has 9 nitrogen and oxygen atoms in total. The van der Waals surface area contributed by atoms with Gasteiger partial charge in [-0.25, -0.2) is 19.2 Å². The maximum atomic E-state index is 10.5. The van der Waals surface area contributed by atoms with E-state index in [1.54, 1.807) is 13.8 Å². The van der Waals surface area contributed by atoms with Crippen molar-refractivity contribution in [1.29, 1.82) is 0 Å². The first-order chi connectivity index (χ1) is 17.7. The van der Waals surface area contributed by atoms with Gasteiger partial charge in [0.1, 0.15) is 6.61 Å². The molecule has 0 saturated heterocycles. The van der Waals surface area contributed by atoms with Crippen LogP contribution in [0, 0.1) is 5.92 Å². The number of benzene rings is 1. The number of ether oxygens (including phenoxy) is 3. The smallest absolute Gasteiger partial charge is 0.333 e. The lowest BCUT2D eigenvalue weighted by Gasteiger charge is -2.02. The number of aliphatic hydroxyl groups excluding tert-OH is 1. The number of esters is 3. The fourth-order valence-electron chi connectivity index (χ4n) is 1.33. The first-order valence-electron chi connectivity index (χ1n) is 11.2. The minimum Gasteiger partial charge on any atom is -0.478 e. The molecule has 0 aromatic heterocycles. The average Bonchev–Trinajstić information content (AvgIpc) is 2.91. The summed E-state index contributed by atoms with van der Waals surface area (Å²) in [6.45, 7) is 24.1. The second-order valence-corrected chi connectivity index (χ2v) is 7.30. The Labute approximate surface area is 226 Å². The number of carboxylic acids is 1. The third-order valence-electron chi connectivity index (χ3n) is 3.14. The van der Waals surface area contributed by atoms with Crippen molar-refractivity contribution in [3.8, 4) is 0 Å². The number of carbonyl (C=O) groups is 4. The van der Waals surface area contributed by atoms with Crippen molar-refractivity contribution in [1.82, 2.24) is 0 Å². The van der Waals surface area contributed by atoms with E-state index in [0.717, 1.165) is 6.08 Å². The van der Waals surface area contributed by atoms with Crippen LogP contribution in [0.25, 0.3) is 6.08 Å². The minimum absolute atomic E-state index is 0.0473. The van der Waals surface area contributed by atoms with Gasteiger partial charge in [0, 0.05) is 23.3 Å². The Kier molecular flexibility index (Phi) is 31.2. The molecule has 2 N–H and O–H groups in total. The van der Waals surface area contributed by atoms with Crippen LogP contribution in [0.1, 0.15) is 33.3 Å². The Morgan fingerprint density at radius 1 is 0.895 bits per heavy atom. The molecular weight excluding hydrogens is 492 g/mol. The number of aliphatic carboxylic acids is 1. The summed E-state index contributed by atoms with van der Waals surface area (Å²) < 4.78 is 13.4. The van der Waals surface area contributed by atoms with Gasteiger partial charge in [0.05, 0.1) is 20.3 Å². The molecule has 0 saturated carbocycles. The van der Waals surface area contributed by atoms with E-state index in [1.165, 1.54) is 18.7 Å². The normalized spacial score (nSPS) is 8.29. The molecule has 212 valence electrons. The number of methoxy groups -OCH3 is 1. The van der Waals surface area contributed by atoms with Gasteiger partial charge in [-0.05, 0) is 25.3 Å². The predicted molar refractivity (Wildman–Crippen MR) is 150 cm³/mol. The zero-order valence-corrected chi connectivity index (χ0v) is 23.1. The van der Waals surface area contributed by atoms with Crippen LogP contribution in [0.2, 0.25) is 0 Å². The molecule has 0 atom stereocenters. The standard InChI is InChI=1S/C8H8.C7H12O2.C6H10O3.C5H8O2.C3H4O2/c1-2-8-6-4-3-5-7-8;1-4-7(8)9-5-6(2)3;1-5(2)6(8)9-4-3-7;1-4(2)5(6)7-3;1-2-3(4)5/h2-7H,1H2;4,6H,1,5H2,2-3H3;7H,1,3-4H2,2H3;1H2,2-3H3;2H,1H2,(H,4,5). The molecule has 0 bridgehead atoms. The maximum absolute atomic E-state index is 10.5. The molecule has 0 fully saturated rings. The van der Waals surface area contributed by atoms with Gasteiger partial charge in [-0.3, -0.25) is 0 Å². The summed E-state index contributed by atoms with van der Waals surface area (Å²) in [6.07, 6.45) is 3.84. The molecule has 1 aromatic carbocycles. The summed E-state index contributed by atoms with van der Waals surface area (Å²) in [4.78, 5) is 40.3. The molecule has 0 aliphatic carbocycles. The SMILES string of the molecule is C=C(C)C(=O)OC.C=C(C)C(=O)OCCO.C=CC(=O)O.C=CC(=O)OCC(C)C.C=Cc1ccccc1. The van der Waals surface area contributed by atoms with E-state index >= 15 is 0 Å². The molecule has 0 heterocycles. The molecule has 0 unspecified atom stereocenters. The van der Waals surface area contributed by atoms with Gasteiger partial charge in [0.2, 0.25) is 0 Å². The molecule has 1 rings (SSSR count). The van der Waals surface area contributed by atoms with Crippen molar-refractivity contribution in [2.45, 2.75) is 27.7 Å². The second kappa shape index (κ2) is 29.0. The molecule has 0 aliphatic heterocycles. The molecule has 1 aromatic rings. The van der Waals surface area contributed by atoms with E-state index < -0.39 is 11.9 Å². The van der Waals surface area contributed by atoms with Crippen molar-refractivity contribution in [3.05, 3.63) is 92.1 Å².